The van der Waals surface area contributed by atoms with Crippen LogP contribution in [0.25, 0.3) is 0 Å². The van der Waals surface area contributed by atoms with E-state index in [2.05, 4.69) is 11.3 Å². The van der Waals surface area contributed by atoms with Crippen molar-refractivity contribution in [3.63, 3.8) is 0 Å². The van der Waals surface area contributed by atoms with Gasteiger partial charge in [-0.15, -0.1) is 0 Å². The molecule has 0 heterocycles. The molecule has 0 unspecified atom stereocenters. The van der Waals surface area contributed by atoms with Gasteiger partial charge < -0.3 is 9.47 Å². The third-order valence-electron chi connectivity index (χ3n) is 1.54. The van der Waals surface area contributed by atoms with Crippen molar-refractivity contribution in [2.45, 2.75) is 13.3 Å². The summed E-state index contributed by atoms with van der Waals surface area (Å²) in [6.45, 7) is 5.17. The van der Waals surface area contributed by atoms with Gasteiger partial charge in [0, 0.05) is 24.8 Å². The number of ether oxygens (including phenoxy) is 2. The van der Waals surface area contributed by atoms with Gasteiger partial charge in [0.1, 0.15) is 6.61 Å². The highest BCUT2D eigenvalue weighted by Crippen LogP contribution is 2.03. The Bertz CT molecular complexity index is 335. The van der Waals surface area contributed by atoms with Crippen LogP contribution in [0.1, 0.15) is 13.3 Å². The lowest BCUT2D eigenvalue weighted by molar-refractivity contribution is -0.139. The van der Waals surface area contributed by atoms with E-state index in [1.807, 2.05) is 0 Å². The summed E-state index contributed by atoms with van der Waals surface area (Å²) in [5.74, 6) is -0.634. The molecule has 0 spiro atoms. The quantitative estimate of drug-likeness (QED) is 0.288. The van der Waals surface area contributed by atoms with E-state index in [-0.39, 0.29) is 18.3 Å². The molecule has 0 aliphatic carbocycles. The van der Waals surface area contributed by atoms with Gasteiger partial charge in [0.05, 0.1) is 6.61 Å². The molecule has 0 atom stereocenters. The van der Waals surface area contributed by atoms with Crippen LogP contribution in [-0.4, -0.2) is 36.0 Å². The van der Waals surface area contributed by atoms with Gasteiger partial charge >= 0.3 is 11.9 Å². The second-order valence-corrected chi connectivity index (χ2v) is 4.38. The zero-order valence-electron chi connectivity index (χ0n) is 10.2. The Hall–Kier alpha value is -1.56. The molecule has 0 saturated heterocycles. The van der Waals surface area contributed by atoms with Gasteiger partial charge in [-0.2, -0.15) is 0 Å². The molecule has 0 radical (unpaired) electrons. The number of rotatable bonds is 8. The molecular weight excluding hydrogens is 256 g/mol. The second-order valence-electron chi connectivity index (χ2n) is 3.11. The van der Waals surface area contributed by atoms with E-state index >= 15 is 0 Å². The maximum absolute atomic E-state index is 11.1. The molecular formula is C12H16O5S. The van der Waals surface area contributed by atoms with Gasteiger partial charge in [0.2, 0.25) is 0 Å². The van der Waals surface area contributed by atoms with Crippen molar-refractivity contribution in [1.82, 2.24) is 0 Å². The van der Waals surface area contributed by atoms with Gasteiger partial charge in [-0.05, 0) is 6.42 Å². The van der Waals surface area contributed by atoms with Crippen molar-refractivity contribution in [2.75, 3.05) is 19.0 Å². The smallest absolute Gasteiger partial charge is 0.331 e. The maximum Gasteiger partial charge on any atom is 0.331 e. The van der Waals surface area contributed by atoms with Crippen LogP contribution in [0.5, 0.6) is 0 Å². The molecule has 0 bridgehead atoms. The lowest BCUT2D eigenvalue weighted by Gasteiger charge is -2.00. The van der Waals surface area contributed by atoms with Gasteiger partial charge in [-0.3, -0.25) is 4.79 Å². The molecule has 18 heavy (non-hydrogen) atoms. The van der Waals surface area contributed by atoms with Crippen LogP contribution in [0.4, 0.5) is 0 Å². The zero-order valence-corrected chi connectivity index (χ0v) is 11.0. The number of esters is 2. The molecule has 100 valence electrons. The lowest BCUT2D eigenvalue weighted by atomic mass is 10.5. The summed E-state index contributed by atoms with van der Waals surface area (Å²) >= 11 is 1.18. The van der Waals surface area contributed by atoms with E-state index < -0.39 is 11.9 Å². The monoisotopic (exact) mass is 272 g/mol. The van der Waals surface area contributed by atoms with Gasteiger partial charge in [0.15, 0.2) is 5.12 Å². The Morgan fingerprint density at radius 2 is 1.78 bits per heavy atom. The van der Waals surface area contributed by atoms with Gasteiger partial charge in [-0.25, -0.2) is 9.59 Å². The molecule has 0 N–H and O–H groups in total. The van der Waals surface area contributed by atoms with Gasteiger partial charge in [-0.1, -0.05) is 24.4 Å². The first-order valence-electron chi connectivity index (χ1n) is 5.32. The average Bonchev–Trinajstić information content (AvgIpc) is 2.33. The van der Waals surface area contributed by atoms with Crippen molar-refractivity contribution in [3.05, 3.63) is 24.8 Å². The lowest BCUT2D eigenvalue weighted by Crippen LogP contribution is -2.06. The minimum atomic E-state index is -0.626. The SMILES string of the molecule is C=CCOC(=O)/C=C\C(=O)OCCCSC(C)=O. The molecule has 5 nitrogen and oxygen atoms in total. The number of hydrogen-bond donors (Lipinski definition) is 0. The summed E-state index contributed by atoms with van der Waals surface area (Å²) in [7, 11) is 0. The Kier molecular flexibility index (Phi) is 9.67. The Balaban J connectivity index is 3.64. The summed E-state index contributed by atoms with van der Waals surface area (Å²) in [6.07, 6.45) is 4.02. The Morgan fingerprint density at radius 3 is 2.33 bits per heavy atom. The molecule has 0 aromatic heterocycles. The van der Waals surface area contributed by atoms with Crippen molar-refractivity contribution < 1.29 is 23.9 Å². The van der Waals surface area contributed by atoms with Crippen LogP contribution in [-0.2, 0) is 23.9 Å². The predicted octanol–water partition coefficient (Wildman–Crippen LogP) is 1.48. The minimum absolute atomic E-state index is 0.0335. The number of carbonyl (C=O) groups excluding carboxylic acids is 3. The first-order valence-corrected chi connectivity index (χ1v) is 6.30. The van der Waals surface area contributed by atoms with Gasteiger partial charge in [0.25, 0.3) is 0 Å². The summed E-state index contributed by atoms with van der Waals surface area (Å²) in [5.41, 5.74) is 0. The molecule has 0 aliphatic heterocycles. The van der Waals surface area contributed by atoms with Crippen LogP contribution in [0.2, 0.25) is 0 Å². The standard InChI is InChI=1S/C12H16O5S/c1-3-7-16-11(14)5-6-12(15)17-8-4-9-18-10(2)13/h3,5-6H,1,4,7-9H2,2H3/b6-5-. The fourth-order valence-electron chi connectivity index (χ4n) is 0.821. The molecule has 0 rings (SSSR count). The molecule has 0 aromatic carbocycles. The van der Waals surface area contributed by atoms with Crippen molar-refractivity contribution >= 4 is 28.8 Å². The molecule has 0 aliphatic rings. The normalized spacial score (nSPS) is 10.1. The minimum Gasteiger partial charge on any atom is -0.462 e. The Morgan fingerprint density at radius 1 is 1.17 bits per heavy atom. The first-order chi connectivity index (χ1) is 8.56. The summed E-state index contributed by atoms with van der Waals surface area (Å²) < 4.78 is 9.42. The molecule has 0 amide bonds. The van der Waals surface area contributed by atoms with Crippen molar-refractivity contribution in [3.8, 4) is 0 Å². The van der Waals surface area contributed by atoms with E-state index in [0.717, 1.165) is 12.2 Å². The van der Waals surface area contributed by atoms with Crippen molar-refractivity contribution in [1.29, 1.82) is 0 Å². The molecule has 0 aromatic rings. The predicted molar refractivity (Wildman–Crippen MR) is 69.0 cm³/mol. The summed E-state index contributed by atoms with van der Waals surface area (Å²) in [6, 6.07) is 0. The van der Waals surface area contributed by atoms with Crippen LogP contribution < -0.4 is 0 Å². The highest BCUT2D eigenvalue weighted by Gasteiger charge is 2.00. The number of hydrogen-bond acceptors (Lipinski definition) is 6. The van der Waals surface area contributed by atoms with Crippen LogP contribution in [0.3, 0.4) is 0 Å². The highest BCUT2D eigenvalue weighted by atomic mass is 32.2. The van der Waals surface area contributed by atoms with Crippen LogP contribution in [0, 0.1) is 0 Å². The van der Waals surface area contributed by atoms with E-state index in [1.165, 1.54) is 24.8 Å². The summed E-state index contributed by atoms with van der Waals surface area (Å²) in [4.78, 5) is 32.7. The first kappa shape index (κ1) is 16.4. The molecule has 0 saturated carbocycles. The van der Waals surface area contributed by atoms with Crippen molar-refractivity contribution in [2.24, 2.45) is 0 Å². The highest BCUT2D eigenvalue weighted by molar-refractivity contribution is 8.13. The van der Waals surface area contributed by atoms with E-state index in [9.17, 15) is 14.4 Å². The fraction of sp³-hybridized carbons (Fsp3) is 0.417. The Labute approximate surface area is 110 Å². The largest absolute Gasteiger partial charge is 0.462 e. The molecule has 6 heteroatoms. The number of carbonyl (C=O) groups is 3. The average molecular weight is 272 g/mol. The van der Waals surface area contributed by atoms with Crippen LogP contribution in [0.15, 0.2) is 24.8 Å². The summed E-state index contributed by atoms with van der Waals surface area (Å²) in [5, 5.41) is 0.0335. The van der Waals surface area contributed by atoms with E-state index in [1.54, 1.807) is 0 Å². The fourth-order valence-corrected chi connectivity index (χ4v) is 1.37. The third kappa shape index (κ3) is 10.9. The second kappa shape index (κ2) is 10.6. The molecule has 0 fully saturated rings. The maximum atomic E-state index is 11.1. The number of thioether (sulfide) groups is 1. The zero-order chi connectivity index (χ0) is 13.8. The third-order valence-corrected chi connectivity index (χ3v) is 2.44. The van der Waals surface area contributed by atoms with E-state index in [4.69, 9.17) is 4.74 Å². The topological polar surface area (TPSA) is 69.7 Å². The van der Waals surface area contributed by atoms with E-state index in [0.29, 0.717) is 12.2 Å². The van der Waals surface area contributed by atoms with Crippen LogP contribution >= 0.6 is 11.8 Å².